The van der Waals surface area contributed by atoms with Crippen molar-refractivity contribution in [3.8, 4) is 17.2 Å². The molecule has 32 heavy (non-hydrogen) atoms. The van der Waals surface area contributed by atoms with Gasteiger partial charge in [0.1, 0.15) is 11.3 Å². The molecule has 0 saturated carbocycles. The number of rotatable bonds is 3. The van der Waals surface area contributed by atoms with E-state index in [-0.39, 0.29) is 5.56 Å². The Hall–Kier alpha value is -3.62. The average Bonchev–Trinajstić information content (AvgIpc) is 3.22. The number of para-hydroxylation sites is 1. The number of benzene rings is 2. The van der Waals surface area contributed by atoms with Crippen LogP contribution >= 0.6 is 0 Å². The van der Waals surface area contributed by atoms with E-state index in [4.69, 9.17) is 4.42 Å². The summed E-state index contributed by atoms with van der Waals surface area (Å²) in [4.78, 5) is 15.8. The van der Waals surface area contributed by atoms with Crippen LogP contribution in [0.3, 0.4) is 0 Å². The molecule has 1 fully saturated rings. The summed E-state index contributed by atoms with van der Waals surface area (Å²) in [6, 6.07) is 23.8. The van der Waals surface area contributed by atoms with Crippen molar-refractivity contribution < 1.29 is 4.42 Å². The lowest BCUT2D eigenvalue weighted by atomic mass is 9.82. The van der Waals surface area contributed by atoms with Crippen LogP contribution in [0.4, 0.5) is 0 Å². The molecule has 0 N–H and O–H groups in total. The Morgan fingerprint density at radius 2 is 1.91 bits per heavy atom. The van der Waals surface area contributed by atoms with Crippen LogP contribution in [0.5, 0.6) is 0 Å². The Balaban J connectivity index is 1.28. The minimum Gasteiger partial charge on any atom is -0.460 e. The number of nitrogens with zero attached hydrogens (tertiary/aromatic N) is 3. The molecule has 0 radical (unpaired) electrons. The number of piperidine rings is 1. The first kappa shape index (κ1) is 19.1. The Labute approximate surface area is 186 Å². The van der Waals surface area contributed by atoms with Crippen LogP contribution in [0.1, 0.15) is 29.4 Å². The van der Waals surface area contributed by atoms with Crippen LogP contribution in [-0.2, 0) is 13.1 Å². The number of pyridine rings is 1. The van der Waals surface area contributed by atoms with Crippen molar-refractivity contribution in [3.63, 3.8) is 0 Å². The molecule has 2 atom stereocenters. The van der Waals surface area contributed by atoms with Gasteiger partial charge in [-0.1, -0.05) is 30.3 Å². The molecule has 2 aliphatic rings. The predicted molar refractivity (Wildman–Crippen MR) is 123 cm³/mol. The first-order chi connectivity index (χ1) is 15.7. The van der Waals surface area contributed by atoms with E-state index in [0.29, 0.717) is 23.0 Å². The largest absolute Gasteiger partial charge is 0.460 e. The van der Waals surface area contributed by atoms with Gasteiger partial charge < -0.3 is 8.98 Å². The number of likely N-dealkylation sites (tertiary alicyclic amines) is 1. The maximum Gasteiger partial charge on any atom is 0.258 e. The minimum absolute atomic E-state index is 0.0537. The smallest absolute Gasteiger partial charge is 0.258 e. The topological polar surface area (TPSA) is 62.2 Å². The third kappa shape index (κ3) is 3.24. The zero-order valence-electron chi connectivity index (χ0n) is 17.7. The second-order valence-electron chi connectivity index (χ2n) is 9.02. The lowest BCUT2D eigenvalue weighted by molar-refractivity contribution is 0.108. The lowest BCUT2D eigenvalue weighted by Crippen LogP contribution is -2.46. The molecule has 6 rings (SSSR count). The first-order valence-corrected chi connectivity index (χ1v) is 11.1. The molecule has 2 aliphatic heterocycles. The number of fused-ring (bicyclic) bond motifs is 5. The third-order valence-corrected chi connectivity index (χ3v) is 6.84. The van der Waals surface area contributed by atoms with Gasteiger partial charge >= 0.3 is 0 Å². The van der Waals surface area contributed by atoms with E-state index in [9.17, 15) is 10.1 Å². The molecule has 5 nitrogen and oxygen atoms in total. The van der Waals surface area contributed by atoms with Crippen LogP contribution in [0, 0.1) is 17.2 Å². The van der Waals surface area contributed by atoms with E-state index in [1.807, 2.05) is 41.0 Å². The highest BCUT2D eigenvalue weighted by molar-refractivity contribution is 5.77. The molecule has 4 heterocycles. The van der Waals surface area contributed by atoms with Gasteiger partial charge in [-0.3, -0.25) is 9.69 Å². The first-order valence-electron chi connectivity index (χ1n) is 11.1. The summed E-state index contributed by atoms with van der Waals surface area (Å²) in [6.07, 6.45) is 1.12. The van der Waals surface area contributed by atoms with Crippen molar-refractivity contribution in [1.29, 1.82) is 5.26 Å². The average molecular weight is 422 g/mol. The van der Waals surface area contributed by atoms with Crippen LogP contribution < -0.4 is 5.56 Å². The van der Waals surface area contributed by atoms with Crippen LogP contribution in [-0.4, -0.2) is 22.6 Å². The van der Waals surface area contributed by atoms with Gasteiger partial charge in [-0.05, 0) is 54.3 Å². The fourth-order valence-corrected chi connectivity index (χ4v) is 5.49. The molecule has 158 valence electrons. The fourth-order valence-electron chi connectivity index (χ4n) is 5.49. The number of hydrogen-bond acceptors (Lipinski definition) is 4. The van der Waals surface area contributed by atoms with E-state index >= 15 is 0 Å². The molecular formula is C27H23N3O2. The summed E-state index contributed by atoms with van der Waals surface area (Å²) in [5, 5.41) is 10.3. The van der Waals surface area contributed by atoms with Crippen molar-refractivity contribution in [2.75, 3.05) is 13.1 Å². The Morgan fingerprint density at radius 1 is 1.00 bits per heavy atom. The highest BCUT2D eigenvalue weighted by Crippen LogP contribution is 2.36. The monoisotopic (exact) mass is 421 g/mol. The minimum atomic E-state index is 0.0537. The lowest BCUT2D eigenvalue weighted by Gasteiger charge is -2.42. The van der Waals surface area contributed by atoms with E-state index < -0.39 is 0 Å². The Morgan fingerprint density at radius 3 is 2.78 bits per heavy atom. The van der Waals surface area contributed by atoms with E-state index in [2.05, 4.69) is 29.2 Å². The number of aromatic nitrogens is 1. The standard InChI is InChI=1S/C27H23N3O2/c28-13-18-4-3-6-20(10-18)24-8-9-25-22-11-19(15-30(25)27(24)31)14-29(16-22)17-23-12-21-5-1-2-7-26(21)32-23/h1-10,12,19,22H,11,14-17H2/t19-,22+/m0/s1. The molecule has 5 heteroatoms. The molecule has 1 saturated heterocycles. The number of hydrogen-bond donors (Lipinski definition) is 0. The Bertz CT molecular complexity index is 1390. The fraction of sp³-hybridized carbons (Fsp3) is 0.259. The molecule has 2 aromatic heterocycles. The second-order valence-corrected chi connectivity index (χ2v) is 9.02. The van der Waals surface area contributed by atoms with Gasteiger partial charge in [0.05, 0.1) is 18.2 Å². The van der Waals surface area contributed by atoms with Gasteiger partial charge in [-0.2, -0.15) is 5.26 Å². The van der Waals surface area contributed by atoms with E-state index in [0.717, 1.165) is 60.6 Å². The molecule has 4 aromatic rings. The van der Waals surface area contributed by atoms with E-state index in [1.165, 1.54) is 0 Å². The molecule has 0 unspecified atom stereocenters. The van der Waals surface area contributed by atoms with Crippen LogP contribution in [0.25, 0.3) is 22.1 Å². The molecular weight excluding hydrogens is 398 g/mol. The SMILES string of the molecule is N#Cc1cccc(-c2ccc3n(c2=O)C[C@H]2C[C@@H]3CN(Cc3cc4ccccc4o3)C2)c1. The maximum atomic E-state index is 13.4. The predicted octanol–water partition coefficient (Wildman–Crippen LogP) is 4.75. The van der Waals surface area contributed by atoms with Gasteiger partial charge in [-0.25, -0.2) is 0 Å². The van der Waals surface area contributed by atoms with Crippen molar-refractivity contribution in [2.24, 2.45) is 5.92 Å². The Kier molecular flexibility index (Phi) is 4.48. The highest BCUT2D eigenvalue weighted by atomic mass is 16.3. The van der Waals surface area contributed by atoms with Crippen LogP contribution in [0.2, 0.25) is 0 Å². The van der Waals surface area contributed by atoms with Crippen molar-refractivity contribution in [1.82, 2.24) is 9.47 Å². The molecule has 0 aliphatic carbocycles. The summed E-state index contributed by atoms with van der Waals surface area (Å²) in [6.45, 7) is 3.43. The third-order valence-electron chi connectivity index (χ3n) is 6.84. The summed E-state index contributed by atoms with van der Waals surface area (Å²) in [7, 11) is 0. The van der Waals surface area contributed by atoms with Crippen molar-refractivity contribution in [2.45, 2.75) is 25.4 Å². The van der Waals surface area contributed by atoms with E-state index in [1.54, 1.807) is 12.1 Å². The second kappa shape index (κ2) is 7.51. The van der Waals surface area contributed by atoms with Gasteiger partial charge in [0, 0.05) is 42.2 Å². The maximum absolute atomic E-state index is 13.4. The van der Waals surface area contributed by atoms with Gasteiger partial charge in [0.2, 0.25) is 0 Å². The molecule has 0 amide bonds. The normalized spacial score (nSPS) is 20.1. The number of furan rings is 1. The van der Waals surface area contributed by atoms with Crippen molar-refractivity contribution in [3.05, 3.63) is 94.1 Å². The summed E-state index contributed by atoms with van der Waals surface area (Å²) < 4.78 is 8.02. The molecule has 2 aromatic carbocycles. The highest BCUT2D eigenvalue weighted by Gasteiger charge is 2.35. The summed E-state index contributed by atoms with van der Waals surface area (Å²) in [5.41, 5.74) is 4.17. The number of nitriles is 1. The van der Waals surface area contributed by atoms with Gasteiger partial charge in [-0.15, -0.1) is 0 Å². The van der Waals surface area contributed by atoms with Crippen LogP contribution in [0.15, 0.2) is 75.9 Å². The summed E-state index contributed by atoms with van der Waals surface area (Å²) in [5.74, 6) is 1.79. The molecule has 0 spiro atoms. The summed E-state index contributed by atoms with van der Waals surface area (Å²) >= 11 is 0. The zero-order valence-corrected chi connectivity index (χ0v) is 17.7. The van der Waals surface area contributed by atoms with Gasteiger partial charge in [0.25, 0.3) is 5.56 Å². The zero-order chi connectivity index (χ0) is 21.7. The molecule has 2 bridgehead atoms. The van der Waals surface area contributed by atoms with Crippen molar-refractivity contribution >= 4 is 11.0 Å². The quantitative estimate of drug-likeness (QED) is 0.479. The van der Waals surface area contributed by atoms with Gasteiger partial charge in [0.15, 0.2) is 0 Å².